The number of rotatable bonds is 4. The first-order chi connectivity index (χ1) is 15.0. The highest BCUT2D eigenvalue weighted by molar-refractivity contribution is 7.94. The second-order valence-corrected chi connectivity index (χ2v) is 9.32. The third-order valence-electron chi connectivity index (χ3n) is 5.67. The van der Waals surface area contributed by atoms with Gasteiger partial charge in [0.1, 0.15) is 11.5 Å². The summed E-state index contributed by atoms with van der Waals surface area (Å²) in [5, 5.41) is 2.93. The Hall–Kier alpha value is -3.52. The highest BCUT2D eigenvalue weighted by Crippen LogP contribution is 2.44. The number of fused-ring (bicyclic) bond motifs is 3. The number of benzene rings is 3. The summed E-state index contributed by atoms with van der Waals surface area (Å²) in [7, 11) is -2.12. The molecular formula is C23H21N3O4S. The Kier molecular flexibility index (Phi) is 4.59. The number of amides is 1. The van der Waals surface area contributed by atoms with Crippen molar-refractivity contribution in [1.82, 2.24) is 5.32 Å². The molecule has 0 aromatic heterocycles. The van der Waals surface area contributed by atoms with Crippen LogP contribution in [0.4, 0.5) is 11.4 Å². The van der Waals surface area contributed by atoms with Gasteiger partial charge in [-0.15, -0.1) is 0 Å². The Balaban J connectivity index is 1.37. The van der Waals surface area contributed by atoms with Gasteiger partial charge in [0.15, 0.2) is 0 Å². The number of hydrogen-bond donors (Lipinski definition) is 1. The Morgan fingerprint density at radius 3 is 2.10 bits per heavy atom. The molecule has 0 aliphatic carbocycles. The van der Waals surface area contributed by atoms with E-state index in [4.69, 9.17) is 4.74 Å². The topological polar surface area (TPSA) is 79.0 Å². The molecule has 2 aliphatic rings. The second-order valence-electron chi connectivity index (χ2n) is 7.44. The van der Waals surface area contributed by atoms with Crippen LogP contribution in [0.5, 0.6) is 11.5 Å². The minimum Gasteiger partial charge on any atom is -0.457 e. The third-order valence-corrected chi connectivity index (χ3v) is 7.50. The average Bonchev–Trinajstić information content (AvgIpc) is 2.98. The van der Waals surface area contributed by atoms with E-state index >= 15 is 0 Å². The van der Waals surface area contributed by atoms with E-state index in [1.807, 2.05) is 48.5 Å². The maximum absolute atomic E-state index is 13.2. The fourth-order valence-corrected chi connectivity index (χ4v) is 5.57. The Bertz CT molecular complexity index is 1230. The van der Waals surface area contributed by atoms with E-state index in [9.17, 15) is 13.2 Å². The van der Waals surface area contributed by atoms with E-state index < -0.39 is 16.1 Å². The van der Waals surface area contributed by atoms with Gasteiger partial charge in [-0.05, 0) is 24.3 Å². The molecule has 2 aliphatic heterocycles. The number of carbonyl (C=O) groups excluding carboxylic acids is 1. The van der Waals surface area contributed by atoms with Gasteiger partial charge in [-0.1, -0.05) is 48.5 Å². The molecule has 0 spiro atoms. The first-order valence-electron chi connectivity index (χ1n) is 9.97. The molecule has 3 aromatic rings. The van der Waals surface area contributed by atoms with Gasteiger partial charge in [0, 0.05) is 24.7 Å². The molecule has 0 bridgehead atoms. The summed E-state index contributed by atoms with van der Waals surface area (Å²) in [6, 6.07) is 22.1. The van der Waals surface area contributed by atoms with Gasteiger partial charge >= 0.3 is 10.2 Å². The molecule has 0 saturated heterocycles. The Labute approximate surface area is 181 Å². The molecule has 158 valence electrons. The third kappa shape index (κ3) is 3.11. The molecule has 0 fully saturated rings. The zero-order valence-electron chi connectivity index (χ0n) is 16.9. The summed E-state index contributed by atoms with van der Waals surface area (Å²) in [4.78, 5) is 13.2. The van der Waals surface area contributed by atoms with E-state index in [-0.39, 0.29) is 19.0 Å². The maximum atomic E-state index is 13.2. The molecule has 0 saturated carbocycles. The molecule has 2 heterocycles. The van der Waals surface area contributed by atoms with Crippen molar-refractivity contribution in [3.63, 3.8) is 0 Å². The zero-order chi connectivity index (χ0) is 21.6. The van der Waals surface area contributed by atoms with Crippen LogP contribution in [0.25, 0.3) is 0 Å². The molecule has 5 rings (SSSR count). The van der Waals surface area contributed by atoms with Crippen LogP contribution in [0.1, 0.15) is 17.0 Å². The fourth-order valence-electron chi connectivity index (χ4n) is 4.15. The van der Waals surface area contributed by atoms with Crippen LogP contribution < -0.4 is 18.7 Å². The standard InChI is InChI=1S/C23H21N3O4S/c1-25-18-10-4-5-11-19(18)26(31(25,28)29)15-14-24-23(27)22-16-8-2-6-12-20(16)30-21-13-7-3-9-17(21)22/h2-13,22H,14-15H2,1H3,(H,24,27). The molecule has 31 heavy (non-hydrogen) atoms. The predicted molar refractivity (Wildman–Crippen MR) is 119 cm³/mol. The van der Waals surface area contributed by atoms with Crippen LogP contribution in [-0.2, 0) is 15.0 Å². The second kappa shape index (κ2) is 7.31. The van der Waals surface area contributed by atoms with Crippen LogP contribution in [-0.4, -0.2) is 34.5 Å². The molecule has 1 amide bonds. The van der Waals surface area contributed by atoms with E-state index in [0.29, 0.717) is 22.9 Å². The summed E-state index contributed by atoms with van der Waals surface area (Å²) in [5.41, 5.74) is 2.82. The Morgan fingerprint density at radius 2 is 1.45 bits per heavy atom. The summed E-state index contributed by atoms with van der Waals surface area (Å²) in [6.45, 7) is 0.323. The zero-order valence-corrected chi connectivity index (χ0v) is 17.7. The molecule has 0 atom stereocenters. The first-order valence-corrected chi connectivity index (χ1v) is 11.4. The molecule has 0 radical (unpaired) electrons. The fraction of sp³-hybridized carbons (Fsp3) is 0.174. The van der Waals surface area contributed by atoms with Crippen molar-refractivity contribution < 1.29 is 17.9 Å². The minimum absolute atomic E-state index is 0.141. The maximum Gasteiger partial charge on any atom is 0.326 e. The van der Waals surface area contributed by atoms with E-state index in [0.717, 1.165) is 11.1 Å². The van der Waals surface area contributed by atoms with E-state index in [2.05, 4.69) is 5.32 Å². The molecule has 0 unspecified atom stereocenters. The molecule has 8 heteroatoms. The molecular weight excluding hydrogens is 414 g/mol. The molecule has 1 N–H and O–H groups in total. The molecule has 7 nitrogen and oxygen atoms in total. The van der Waals surface area contributed by atoms with Crippen LogP contribution in [0.2, 0.25) is 0 Å². The van der Waals surface area contributed by atoms with Gasteiger partial charge < -0.3 is 10.1 Å². The SMILES string of the molecule is CN1c2ccccc2N(CCNC(=O)C2c3ccccc3Oc3ccccc32)S1(=O)=O. The first kappa shape index (κ1) is 19.4. The lowest BCUT2D eigenvalue weighted by Crippen LogP contribution is -2.42. The monoisotopic (exact) mass is 435 g/mol. The highest BCUT2D eigenvalue weighted by atomic mass is 32.2. The average molecular weight is 436 g/mol. The number of nitrogens with one attached hydrogen (secondary N) is 1. The van der Waals surface area contributed by atoms with Gasteiger partial charge in [0.25, 0.3) is 0 Å². The van der Waals surface area contributed by atoms with Crippen molar-refractivity contribution in [2.24, 2.45) is 0 Å². The van der Waals surface area contributed by atoms with Crippen LogP contribution in [0, 0.1) is 0 Å². The summed E-state index contributed by atoms with van der Waals surface area (Å²) >= 11 is 0. The smallest absolute Gasteiger partial charge is 0.326 e. The number of ether oxygens (including phenoxy) is 1. The van der Waals surface area contributed by atoms with Gasteiger partial charge in [-0.3, -0.25) is 9.10 Å². The van der Waals surface area contributed by atoms with Gasteiger partial charge in [0.2, 0.25) is 5.91 Å². The van der Waals surface area contributed by atoms with E-state index in [1.54, 1.807) is 24.3 Å². The van der Waals surface area contributed by atoms with Gasteiger partial charge in [-0.25, -0.2) is 4.31 Å². The van der Waals surface area contributed by atoms with Crippen molar-refractivity contribution in [3.8, 4) is 11.5 Å². The lowest BCUT2D eigenvalue weighted by atomic mass is 9.87. The van der Waals surface area contributed by atoms with Crippen molar-refractivity contribution in [2.75, 3.05) is 28.7 Å². The highest BCUT2D eigenvalue weighted by Gasteiger charge is 2.38. The predicted octanol–water partition coefficient (Wildman–Crippen LogP) is 3.24. The molecule has 3 aromatic carbocycles. The van der Waals surface area contributed by atoms with Crippen molar-refractivity contribution in [2.45, 2.75) is 5.92 Å². The lowest BCUT2D eigenvalue weighted by molar-refractivity contribution is -0.121. The summed E-state index contributed by atoms with van der Waals surface area (Å²) in [5.74, 6) is 0.589. The number of anilines is 2. The van der Waals surface area contributed by atoms with Crippen LogP contribution >= 0.6 is 0 Å². The summed E-state index contributed by atoms with van der Waals surface area (Å²) in [6.07, 6.45) is 0. The lowest BCUT2D eigenvalue weighted by Gasteiger charge is -2.27. The Morgan fingerprint density at radius 1 is 0.903 bits per heavy atom. The number of nitrogens with zero attached hydrogens (tertiary/aromatic N) is 2. The van der Waals surface area contributed by atoms with Gasteiger partial charge in [-0.2, -0.15) is 8.42 Å². The quantitative estimate of drug-likeness (QED) is 0.682. The minimum atomic E-state index is -3.65. The van der Waals surface area contributed by atoms with Crippen LogP contribution in [0.3, 0.4) is 0 Å². The largest absolute Gasteiger partial charge is 0.457 e. The normalized spacial score (nSPS) is 16.2. The van der Waals surface area contributed by atoms with Crippen molar-refractivity contribution >= 4 is 27.5 Å². The number of carbonyl (C=O) groups is 1. The number of para-hydroxylation sites is 4. The van der Waals surface area contributed by atoms with E-state index in [1.165, 1.54) is 15.7 Å². The summed E-state index contributed by atoms with van der Waals surface area (Å²) < 4.78 is 34.1. The van der Waals surface area contributed by atoms with Crippen LogP contribution in [0.15, 0.2) is 72.8 Å². The van der Waals surface area contributed by atoms with Gasteiger partial charge in [0.05, 0.1) is 23.8 Å². The van der Waals surface area contributed by atoms with Crippen molar-refractivity contribution in [3.05, 3.63) is 83.9 Å². The number of hydrogen-bond acceptors (Lipinski definition) is 4. The van der Waals surface area contributed by atoms with Crippen molar-refractivity contribution in [1.29, 1.82) is 0 Å².